The van der Waals surface area contributed by atoms with Crippen molar-refractivity contribution in [1.29, 1.82) is 0 Å². The van der Waals surface area contributed by atoms with Gasteiger partial charge < -0.3 is 15.4 Å². The highest BCUT2D eigenvalue weighted by molar-refractivity contribution is 5.92. The summed E-state index contributed by atoms with van der Waals surface area (Å²) in [5.74, 6) is -0.0938. The van der Waals surface area contributed by atoms with E-state index in [1.54, 1.807) is 41.1 Å². The van der Waals surface area contributed by atoms with Gasteiger partial charge in [-0.1, -0.05) is 0 Å². The highest BCUT2D eigenvalue weighted by atomic mass is 16.5. The molecular weight excluding hydrogens is 268 g/mol. The topological polar surface area (TPSA) is 73.4 Å². The maximum atomic E-state index is 12.4. The summed E-state index contributed by atoms with van der Waals surface area (Å²) in [6.07, 6.45) is 1.77. The Morgan fingerprint density at radius 2 is 2.05 bits per heavy atom. The fourth-order valence-electron chi connectivity index (χ4n) is 1.98. The van der Waals surface area contributed by atoms with E-state index < -0.39 is 0 Å². The Bertz CT molecular complexity index is 592. The summed E-state index contributed by atoms with van der Waals surface area (Å²) in [6.45, 7) is 3.63. The summed E-state index contributed by atoms with van der Waals surface area (Å²) in [5.41, 5.74) is 7.64. The van der Waals surface area contributed by atoms with E-state index in [2.05, 4.69) is 5.10 Å². The van der Waals surface area contributed by atoms with Gasteiger partial charge in [0.05, 0.1) is 12.3 Å². The van der Waals surface area contributed by atoms with Gasteiger partial charge in [-0.25, -0.2) is 4.68 Å². The number of ether oxygens (including phenoxy) is 1. The Morgan fingerprint density at radius 3 is 2.67 bits per heavy atom. The van der Waals surface area contributed by atoms with Crippen LogP contribution in [0, 0.1) is 0 Å². The van der Waals surface area contributed by atoms with Crippen LogP contribution in [0.2, 0.25) is 0 Å². The Balaban J connectivity index is 2.14. The van der Waals surface area contributed by atoms with Crippen molar-refractivity contribution in [2.24, 2.45) is 0 Å². The van der Waals surface area contributed by atoms with E-state index in [9.17, 15) is 4.79 Å². The molecule has 2 N–H and O–H groups in total. The maximum absolute atomic E-state index is 12.4. The van der Waals surface area contributed by atoms with Gasteiger partial charge in [0.1, 0.15) is 0 Å². The molecule has 0 saturated heterocycles. The summed E-state index contributed by atoms with van der Waals surface area (Å²) >= 11 is 0. The van der Waals surface area contributed by atoms with Crippen molar-refractivity contribution < 1.29 is 9.53 Å². The first-order chi connectivity index (χ1) is 10.2. The first kappa shape index (κ1) is 15.1. The van der Waals surface area contributed by atoms with Crippen LogP contribution in [0.1, 0.15) is 17.4 Å². The van der Waals surface area contributed by atoms with Crippen molar-refractivity contribution in [3.63, 3.8) is 0 Å². The minimum Gasteiger partial charge on any atom is -0.399 e. The lowest BCUT2D eigenvalue weighted by Crippen LogP contribution is -2.34. The molecule has 1 aromatic heterocycles. The van der Waals surface area contributed by atoms with E-state index in [4.69, 9.17) is 10.5 Å². The molecule has 0 unspecified atom stereocenters. The van der Waals surface area contributed by atoms with E-state index >= 15 is 0 Å². The minimum atomic E-state index is -0.0938. The Hall–Kier alpha value is -2.34. The molecule has 0 aliphatic heterocycles. The summed E-state index contributed by atoms with van der Waals surface area (Å²) in [7, 11) is 1.62. The zero-order valence-electron chi connectivity index (χ0n) is 12.3. The van der Waals surface area contributed by atoms with Crippen LogP contribution in [0.3, 0.4) is 0 Å². The minimum absolute atomic E-state index is 0.0938. The van der Waals surface area contributed by atoms with Crippen molar-refractivity contribution in [1.82, 2.24) is 14.7 Å². The van der Waals surface area contributed by atoms with Gasteiger partial charge in [0.15, 0.2) is 5.69 Å². The largest absolute Gasteiger partial charge is 0.399 e. The number of benzene rings is 1. The fourth-order valence-corrected chi connectivity index (χ4v) is 1.98. The summed E-state index contributed by atoms with van der Waals surface area (Å²) in [6, 6.07) is 9.04. The molecule has 0 radical (unpaired) electrons. The molecule has 112 valence electrons. The Labute approximate surface area is 124 Å². The molecule has 2 rings (SSSR count). The third kappa shape index (κ3) is 3.61. The van der Waals surface area contributed by atoms with Crippen LogP contribution in [0.15, 0.2) is 36.5 Å². The number of carbonyl (C=O) groups is 1. The summed E-state index contributed by atoms with van der Waals surface area (Å²) in [4.78, 5) is 14.1. The second-order valence-corrected chi connectivity index (χ2v) is 4.61. The number of anilines is 1. The van der Waals surface area contributed by atoms with E-state index in [1.165, 1.54) is 0 Å². The molecule has 6 nitrogen and oxygen atoms in total. The van der Waals surface area contributed by atoms with Crippen LogP contribution in [0.4, 0.5) is 5.69 Å². The number of hydrogen-bond acceptors (Lipinski definition) is 4. The lowest BCUT2D eigenvalue weighted by Gasteiger charge is -2.19. The van der Waals surface area contributed by atoms with Crippen LogP contribution in [0.5, 0.6) is 0 Å². The fraction of sp³-hybridized carbons (Fsp3) is 0.333. The summed E-state index contributed by atoms with van der Waals surface area (Å²) in [5, 5.41) is 4.33. The Morgan fingerprint density at radius 1 is 1.33 bits per heavy atom. The van der Waals surface area contributed by atoms with Crippen molar-refractivity contribution in [2.45, 2.75) is 6.92 Å². The van der Waals surface area contributed by atoms with Crippen molar-refractivity contribution in [2.75, 3.05) is 32.5 Å². The molecule has 21 heavy (non-hydrogen) atoms. The zero-order valence-corrected chi connectivity index (χ0v) is 12.3. The molecule has 0 bridgehead atoms. The predicted octanol–water partition coefficient (Wildman–Crippen LogP) is 1.56. The first-order valence-electron chi connectivity index (χ1n) is 6.85. The molecule has 0 fully saturated rings. The molecule has 6 heteroatoms. The third-order valence-corrected chi connectivity index (χ3v) is 3.20. The number of nitrogens with two attached hydrogens (primary N) is 1. The first-order valence-corrected chi connectivity index (χ1v) is 6.85. The van der Waals surface area contributed by atoms with Gasteiger partial charge in [-0.3, -0.25) is 4.79 Å². The lowest BCUT2D eigenvalue weighted by molar-refractivity contribution is 0.0700. The van der Waals surface area contributed by atoms with Gasteiger partial charge in [-0.15, -0.1) is 0 Å². The zero-order chi connectivity index (χ0) is 15.2. The number of nitrogen functional groups attached to an aromatic ring is 1. The second kappa shape index (κ2) is 6.90. The Kier molecular flexibility index (Phi) is 4.94. The smallest absolute Gasteiger partial charge is 0.274 e. The number of hydrogen-bond donors (Lipinski definition) is 1. The van der Waals surface area contributed by atoms with Gasteiger partial charge in [0.25, 0.3) is 5.91 Å². The van der Waals surface area contributed by atoms with Crippen molar-refractivity contribution in [3.05, 3.63) is 42.2 Å². The van der Waals surface area contributed by atoms with Crippen LogP contribution in [-0.2, 0) is 4.74 Å². The molecule has 1 amide bonds. The third-order valence-electron chi connectivity index (χ3n) is 3.20. The van der Waals surface area contributed by atoms with Crippen molar-refractivity contribution >= 4 is 11.6 Å². The number of carbonyl (C=O) groups excluding carboxylic acids is 1. The molecule has 2 aromatic rings. The predicted molar refractivity (Wildman–Crippen MR) is 81.4 cm³/mol. The molecule has 1 aromatic carbocycles. The molecule has 0 spiro atoms. The van der Waals surface area contributed by atoms with Gasteiger partial charge in [0.2, 0.25) is 0 Å². The van der Waals surface area contributed by atoms with Crippen LogP contribution in [0.25, 0.3) is 5.69 Å². The number of rotatable bonds is 6. The molecular formula is C15H20N4O2. The number of likely N-dealkylation sites (N-methyl/N-ethyl adjacent to an activating group) is 1. The molecule has 0 aliphatic carbocycles. The number of amides is 1. The van der Waals surface area contributed by atoms with Gasteiger partial charge in [0, 0.05) is 32.1 Å². The van der Waals surface area contributed by atoms with E-state index in [0.29, 0.717) is 31.1 Å². The quantitative estimate of drug-likeness (QED) is 0.819. The van der Waals surface area contributed by atoms with E-state index in [1.807, 2.05) is 19.1 Å². The normalized spacial score (nSPS) is 10.6. The van der Waals surface area contributed by atoms with Crippen molar-refractivity contribution in [3.8, 4) is 5.69 Å². The molecule has 0 atom stereocenters. The average molecular weight is 288 g/mol. The standard InChI is InChI=1S/C15H20N4O2/c1-3-18(10-11-21-2)15(20)14-8-9-19(17-14)13-6-4-12(16)5-7-13/h4-9H,3,10-11,16H2,1-2H3. The second-order valence-electron chi connectivity index (χ2n) is 4.61. The van der Waals surface area contributed by atoms with Gasteiger partial charge in [-0.05, 0) is 37.3 Å². The van der Waals surface area contributed by atoms with Crippen LogP contribution in [-0.4, -0.2) is 47.4 Å². The molecule has 1 heterocycles. The summed E-state index contributed by atoms with van der Waals surface area (Å²) < 4.78 is 6.68. The molecule has 0 aliphatic rings. The maximum Gasteiger partial charge on any atom is 0.274 e. The lowest BCUT2D eigenvalue weighted by atomic mass is 10.3. The number of methoxy groups -OCH3 is 1. The number of aromatic nitrogens is 2. The highest BCUT2D eigenvalue weighted by Gasteiger charge is 2.16. The van der Waals surface area contributed by atoms with E-state index in [-0.39, 0.29) is 5.91 Å². The van der Waals surface area contributed by atoms with Gasteiger partial charge in [-0.2, -0.15) is 5.10 Å². The highest BCUT2D eigenvalue weighted by Crippen LogP contribution is 2.11. The van der Waals surface area contributed by atoms with Gasteiger partial charge >= 0.3 is 0 Å². The molecule has 0 saturated carbocycles. The monoisotopic (exact) mass is 288 g/mol. The average Bonchev–Trinajstić information content (AvgIpc) is 2.98. The number of nitrogens with zero attached hydrogens (tertiary/aromatic N) is 3. The van der Waals surface area contributed by atoms with Crippen LogP contribution >= 0.6 is 0 Å². The van der Waals surface area contributed by atoms with Crippen LogP contribution < -0.4 is 5.73 Å². The SMILES string of the molecule is CCN(CCOC)C(=O)c1ccn(-c2ccc(N)cc2)n1. The van der Waals surface area contributed by atoms with E-state index in [0.717, 1.165) is 5.69 Å².